The summed E-state index contributed by atoms with van der Waals surface area (Å²) in [7, 11) is 0. The summed E-state index contributed by atoms with van der Waals surface area (Å²) in [5, 5.41) is 18.5. The molecule has 0 atom stereocenters. The molecule has 3 aromatic rings. The van der Waals surface area contributed by atoms with Gasteiger partial charge in [-0.05, 0) is 37.6 Å². The standard InChI is InChI=1S/C19H13N3O2S/c1-12-5-6-16(13(2)8-12)22-18(23)17(9-15-4-3-7-24-15)25-19(22)14(10-20)11-21/h3-9H,1-2H3/b17-9+. The summed E-state index contributed by atoms with van der Waals surface area (Å²) in [6.07, 6.45) is 3.13. The number of aromatic nitrogens is 1. The second kappa shape index (κ2) is 6.64. The molecule has 122 valence electrons. The number of furan rings is 1. The van der Waals surface area contributed by atoms with Gasteiger partial charge < -0.3 is 4.42 Å². The fourth-order valence-corrected chi connectivity index (χ4v) is 3.58. The van der Waals surface area contributed by atoms with E-state index in [-0.39, 0.29) is 11.1 Å². The molecule has 0 N–H and O–H groups in total. The lowest BCUT2D eigenvalue weighted by Gasteiger charge is -2.07. The fourth-order valence-electron chi connectivity index (χ4n) is 2.55. The minimum absolute atomic E-state index is 0.0961. The lowest BCUT2D eigenvalue weighted by molar-refractivity contribution is 0.556. The predicted molar refractivity (Wildman–Crippen MR) is 95.5 cm³/mol. The van der Waals surface area contributed by atoms with Crippen LogP contribution in [0.5, 0.6) is 0 Å². The molecule has 0 bridgehead atoms. The Balaban J connectivity index is 2.45. The Hall–Kier alpha value is -3.35. The molecule has 0 fully saturated rings. The average Bonchev–Trinajstić information content (AvgIpc) is 3.19. The number of hydrogen-bond donors (Lipinski definition) is 0. The number of thiazole rings is 1. The van der Waals surface area contributed by atoms with Crippen molar-refractivity contribution in [2.24, 2.45) is 0 Å². The molecule has 0 amide bonds. The Morgan fingerprint density at radius 3 is 2.60 bits per heavy atom. The Morgan fingerprint density at radius 2 is 2.00 bits per heavy atom. The first-order valence-corrected chi connectivity index (χ1v) is 8.26. The quantitative estimate of drug-likeness (QED) is 0.711. The number of benzene rings is 1. The maximum absolute atomic E-state index is 13.0. The van der Waals surface area contributed by atoms with E-state index in [0.29, 0.717) is 20.6 Å². The van der Waals surface area contributed by atoms with Gasteiger partial charge in [0.15, 0.2) is 5.57 Å². The molecule has 2 heterocycles. The van der Waals surface area contributed by atoms with Crippen LogP contribution < -0.4 is 14.8 Å². The van der Waals surface area contributed by atoms with Gasteiger partial charge in [-0.3, -0.25) is 9.36 Å². The van der Waals surface area contributed by atoms with Gasteiger partial charge in [0.05, 0.1) is 16.5 Å². The summed E-state index contributed by atoms with van der Waals surface area (Å²) in [4.78, 5) is 13.0. The van der Waals surface area contributed by atoms with Crippen molar-refractivity contribution in [3.8, 4) is 17.8 Å². The normalized spacial score (nSPS) is 11.1. The summed E-state index contributed by atoms with van der Waals surface area (Å²) in [6.45, 7) is 3.86. The molecule has 0 spiro atoms. The van der Waals surface area contributed by atoms with E-state index in [1.54, 1.807) is 18.2 Å². The maximum Gasteiger partial charge on any atom is 0.273 e. The van der Waals surface area contributed by atoms with Gasteiger partial charge in [0.2, 0.25) is 0 Å². The molecule has 0 aliphatic rings. The van der Waals surface area contributed by atoms with Gasteiger partial charge in [-0.2, -0.15) is 10.5 Å². The van der Waals surface area contributed by atoms with Crippen molar-refractivity contribution in [2.45, 2.75) is 13.8 Å². The van der Waals surface area contributed by atoms with E-state index in [1.165, 1.54) is 10.8 Å². The monoisotopic (exact) mass is 347 g/mol. The molecule has 5 nitrogen and oxygen atoms in total. The fraction of sp³-hybridized carbons (Fsp3) is 0.105. The maximum atomic E-state index is 13.0. The highest BCUT2D eigenvalue weighted by atomic mass is 32.1. The molecule has 3 rings (SSSR count). The van der Waals surface area contributed by atoms with Crippen LogP contribution in [-0.2, 0) is 0 Å². The van der Waals surface area contributed by atoms with Crippen molar-refractivity contribution in [3.63, 3.8) is 0 Å². The highest BCUT2D eigenvalue weighted by Gasteiger charge is 2.13. The van der Waals surface area contributed by atoms with Gasteiger partial charge in [-0.25, -0.2) is 0 Å². The molecule has 0 aliphatic carbocycles. The van der Waals surface area contributed by atoms with E-state index >= 15 is 0 Å². The molecule has 6 heteroatoms. The predicted octanol–water partition coefficient (Wildman–Crippen LogP) is 2.14. The highest BCUT2D eigenvalue weighted by Crippen LogP contribution is 2.13. The van der Waals surface area contributed by atoms with E-state index in [4.69, 9.17) is 4.42 Å². The van der Waals surface area contributed by atoms with Gasteiger partial charge in [0.1, 0.15) is 22.6 Å². The van der Waals surface area contributed by atoms with Gasteiger partial charge in [-0.15, -0.1) is 11.3 Å². The van der Waals surface area contributed by atoms with Gasteiger partial charge in [0, 0.05) is 6.08 Å². The smallest absolute Gasteiger partial charge is 0.273 e. The Morgan fingerprint density at radius 1 is 1.24 bits per heavy atom. The topological polar surface area (TPSA) is 82.7 Å². The van der Waals surface area contributed by atoms with Crippen LogP contribution in [0.3, 0.4) is 0 Å². The summed E-state index contributed by atoms with van der Waals surface area (Å²) in [5.41, 5.74) is 2.23. The molecule has 0 unspecified atom stereocenters. The number of hydrogen-bond acceptors (Lipinski definition) is 5. The molecule has 2 aromatic heterocycles. The highest BCUT2D eigenvalue weighted by molar-refractivity contribution is 7.07. The van der Waals surface area contributed by atoms with Crippen LogP contribution in [-0.4, -0.2) is 4.57 Å². The average molecular weight is 347 g/mol. The molecular formula is C19H13N3O2S. The minimum atomic E-state index is -0.286. The third kappa shape index (κ3) is 3.03. The molecule has 0 radical (unpaired) electrons. The van der Waals surface area contributed by atoms with E-state index in [2.05, 4.69) is 0 Å². The zero-order valence-corrected chi connectivity index (χ0v) is 14.4. The minimum Gasteiger partial charge on any atom is -0.465 e. The number of nitrogens with zero attached hydrogens (tertiary/aromatic N) is 3. The van der Waals surface area contributed by atoms with Gasteiger partial charge >= 0.3 is 0 Å². The second-order valence-corrected chi connectivity index (χ2v) is 6.49. The first-order chi connectivity index (χ1) is 12.0. The third-order valence-corrected chi connectivity index (χ3v) is 4.76. The molecule has 0 aliphatic heterocycles. The first-order valence-electron chi connectivity index (χ1n) is 7.44. The van der Waals surface area contributed by atoms with Crippen LogP contribution in [0.1, 0.15) is 16.9 Å². The molecule has 25 heavy (non-hydrogen) atoms. The zero-order chi connectivity index (χ0) is 18.0. The molecular weight excluding hydrogens is 334 g/mol. The van der Waals surface area contributed by atoms with Crippen molar-refractivity contribution >= 4 is 23.0 Å². The van der Waals surface area contributed by atoms with Crippen molar-refractivity contribution < 1.29 is 4.42 Å². The van der Waals surface area contributed by atoms with Crippen molar-refractivity contribution in [1.29, 1.82) is 10.5 Å². The Kier molecular flexibility index (Phi) is 4.38. The van der Waals surface area contributed by atoms with Crippen LogP contribution in [0.25, 0.3) is 17.3 Å². The van der Waals surface area contributed by atoms with Crippen LogP contribution >= 0.6 is 11.3 Å². The SMILES string of the molecule is Cc1ccc(-n2c(=C(C#N)C#N)s/c(=C/c3ccco3)c2=O)c(C)c1. The third-order valence-electron chi connectivity index (χ3n) is 3.67. The van der Waals surface area contributed by atoms with Crippen LogP contribution in [0.15, 0.2) is 45.8 Å². The summed E-state index contributed by atoms with van der Waals surface area (Å²) in [5.74, 6) is 0.535. The van der Waals surface area contributed by atoms with Crippen molar-refractivity contribution in [2.75, 3.05) is 0 Å². The van der Waals surface area contributed by atoms with E-state index < -0.39 is 0 Å². The van der Waals surface area contributed by atoms with Gasteiger partial charge in [0.25, 0.3) is 5.56 Å². The first kappa shape index (κ1) is 16.5. The lowest BCUT2D eigenvalue weighted by Crippen LogP contribution is -2.31. The van der Waals surface area contributed by atoms with Crippen LogP contribution in [0.4, 0.5) is 0 Å². The summed E-state index contributed by atoms with van der Waals surface area (Å²) in [6, 6.07) is 12.9. The van der Waals surface area contributed by atoms with Crippen LogP contribution in [0, 0.1) is 36.5 Å². The number of aryl methyl sites for hydroxylation is 2. The number of nitriles is 2. The second-order valence-electron chi connectivity index (χ2n) is 5.46. The summed E-state index contributed by atoms with van der Waals surface area (Å²) >= 11 is 1.10. The zero-order valence-electron chi connectivity index (χ0n) is 13.6. The molecule has 0 saturated carbocycles. The van der Waals surface area contributed by atoms with E-state index in [0.717, 1.165) is 22.5 Å². The summed E-state index contributed by atoms with van der Waals surface area (Å²) < 4.78 is 7.41. The number of rotatable bonds is 2. The molecule has 0 saturated heterocycles. The van der Waals surface area contributed by atoms with E-state index in [9.17, 15) is 15.3 Å². The molecule has 1 aromatic carbocycles. The van der Waals surface area contributed by atoms with Crippen molar-refractivity contribution in [1.82, 2.24) is 4.57 Å². The van der Waals surface area contributed by atoms with E-state index in [1.807, 2.05) is 44.2 Å². The lowest BCUT2D eigenvalue weighted by atomic mass is 10.1. The largest absolute Gasteiger partial charge is 0.465 e. The van der Waals surface area contributed by atoms with Crippen LogP contribution in [0.2, 0.25) is 0 Å². The van der Waals surface area contributed by atoms with Gasteiger partial charge in [-0.1, -0.05) is 17.7 Å². The Labute approximate surface area is 147 Å². The Bertz CT molecular complexity index is 1180. The van der Waals surface area contributed by atoms with Crippen molar-refractivity contribution in [3.05, 3.63) is 73.0 Å².